The van der Waals surface area contributed by atoms with Crippen LogP contribution in [0.3, 0.4) is 0 Å². The third kappa shape index (κ3) is 4.51. The minimum absolute atomic E-state index is 0.00384. The fourth-order valence-corrected chi connectivity index (χ4v) is 2.19. The maximum Gasteiger partial charge on any atom is 0.234 e. The topological polar surface area (TPSA) is 67.6 Å². The smallest absolute Gasteiger partial charge is 0.234 e. The Morgan fingerprint density at radius 1 is 1.40 bits per heavy atom. The second-order valence-corrected chi connectivity index (χ2v) is 5.13. The molecule has 1 aromatic rings. The Morgan fingerprint density at radius 3 is 2.60 bits per heavy atom. The van der Waals surface area contributed by atoms with E-state index in [4.69, 9.17) is 10.5 Å². The maximum atomic E-state index is 11.8. The predicted octanol–water partition coefficient (Wildman–Crippen LogP) is 1.15. The van der Waals surface area contributed by atoms with E-state index in [2.05, 4.69) is 5.32 Å². The minimum atomic E-state index is -0.0518. The molecule has 0 aliphatic heterocycles. The van der Waals surface area contributed by atoms with Crippen LogP contribution in [0, 0.1) is 0 Å². The monoisotopic (exact) mass is 279 g/mol. The molecule has 1 atom stereocenters. The normalized spacial score (nSPS) is 12.6. The Balaban J connectivity index is 2.81. The Morgan fingerprint density at radius 2 is 2.05 bits per heavy atom. The molecule has 0 aliphatic rings. The molecule has 112 valence electrons. The molecule has 0 aliphatic carbocycles. The molecule has 3 N–H and O–H groups in total. The molecule has 0 heterocycles. The van der Waals surface area contributed by atoms with Crippen LogP contribution in [0.5, 0.6) is 5.75 Å². The molecule has 0 fully saturated rings. The maximum absolute atomic E-state index is 11.8. The highest BCUT2D eigenvalue weighted by Crippen LogP contribution is 2.27. The fourth-order valence-electron chi connectivity index (χ4n) is 2.19. The van der Waals surface area contributed by atoms with Crippen LogP contribution in [0.25, 0.3) is 0 Å². The van der Waals surface area contributed by atoms with Gasteiger partial charge in [-0.25, -0.2) is 0 Å². The van der Waals surface area contributed by atoms with Crippen LogP contribution in [0.1, 0.15) is 25.5 Å². The molecular formula is C15H25N3O2. The van der Waals surface area contributed by atoms with Gasteiger partial charge in [0.05, 0.1) is 19.7 Å². The summed E-state index contributed by atoms with van der Waals surface area (Å²) >= 11 is 0. The number of carbonyl (C=O) groups is 1. The number of benzene rings is 1. The van der Waals surface area contributed by atoms with Gasteiger partial charge in [-0.3, -0.25) is 9.69 Å². The van der Waals surface area contributed by atoms with E-state index < -0.39 is 0 Å². The van der Waals surface area contributed by atoms with Crippen molar-refractivity contribution < 1.29 is 9.53 Å². The van der Waals surface area contributed by atoms with Gasteiger partial charge < -0.3 is 15.8 Å². The molecule has 1 aromatic carbocycles. The van der Waals surface area contributed by atoms with E-state index in [1.54, 1.807) is 7.11 Å². The van der Waals surface area contributed by atoms with Crippen LogP contribution in [0.4, 0.5) is 0 Å². The fraction of sp³-hybridized carbons (Fsp3) is 0.533. The molecule has 5 heteroatoms. The second kappa shape index (κ2) is 7.87. The van der Waals surface area contributed by atoms with Gasteiger partial charge in [0.25, 0.3) is 0 Å². The molecule has 0 radical (unpaired) electrons. The highest BCUT2D eigenvalue weighted by atomic mass is 16.5. The first kappa shape index (κ1) is 16.5. The van der Waals surface area contributed by atoms with Crippen LogP contribution < -0.4 is 15.8 Å². The molecule has 0 spiro atoms. The number of nitrogens with one attached hydrogen (secondary N) is 1. The number of carbonyl (C=O) groups excluding carboxylic acids is 1. The predicted molar refractivity (Wildman–Crippen MR) is 80.7 cm³/mol. The average molecular weight is 279 g/mol. The van der Waals surface area contributed by atoms with Crippen molar-refractivity contribution >= 4 is 5.91 Å². The van der Waals surface area contributed by atoms with Crippen molar-refractivity contribution in [3.05, 3.63) is 29.8 Å². The van der Waals surface area contributed by atoms with Gasteiger partial charge in [0.15, 0.2) is 0 Å². The summed E-state index contributed by atoms with van der Waals surface area (Å²) in [6.45, 7) is 4.61. The molecule has 0 saturated heterocycles. The lowest BCUT2D eigenvalue weighted by Gasteiger charge is -2.28. The molecule has 5 nitrogen and oxygen atoms in total. The van der Waals surface area contributed by atoms with Crippen molar-refractivity contribution in [2.75, 3.05) is 27.2 Å². The van der Waals surface area contributed by atoms with Gasteiger partial charge in [0.1, 0.15) is 5.75 Å². The first-order valence-corrected chi connectivity index (χ1v) is 6.82. The SMILES string of the molecule is COc1ccccc1C(CN)N(C)CC(=O)NC(C)C. The second-order valence-electron chi connectivity index (χ2n) is 5.13. The summed E-state index contributed by atoms with van der Waals surface area (Å²) < 4.78 is 5.37. The number of hydrogen-bond donors (Lipinski definition) is 2. The quantitative estimate of drug-likeness (QED) is 0.786. The Hall–Kier alpha value is -1.59. The highest BCUT2D eigenvalue weighted by molar-refractivity contribution is 5.78. The largest absolute Gasteiger partial charge is 0.496 e. The zero-order valence-corrected chi connectivity index (χ0v) is 12.7. The standard InChI is InChI=1S/C15H25N3O2/c1-11(2)17-15(19)10-18(3)13(9-16)12-7-5-6-8-14(12)20-4/h5-8,11,13H,9-10,16H2,1-4H3,(H,17,19). The number of ether oxygens (including phenoxy) is 1. The molecule has 1 unspecified atom stereocenters. The van der Waals surface area contributed by atoms with Crippen LogP contribution >= 0.6 is 0 Å². The highest BCUT2D eigenvalue weighted by Gasteiger charge is 2.21. The van der Waals surface area contributed by atoms with E-state index in [0.29, 0.717) is 13.1 Å². The number of hydrogen-bond acceptors (Lipinski definition) is 4. The molecule has 1 rings (SSSR count). The number of rotatable bonds is 7. The average Bonchev–Trinajstić information content (AvgIpc) is 2.39. The number of likely N-dealkylation sites (N-methyl/N-ethyl adjacent to an activating group) is 1. The Kier molecular flexibility index (Phi) is 6.48. The molecule has 0 bridgehead atoms. The van der Waals surface area contributed by atoms with E-state index in [-0.39, 0.29) is 18.0 Å². The lowest BCUT2D eigenvalue weighted by atomic mass is 10.0. The van der Waals surface area contributed by atoms with Gasteiger partial charge >= 0.3 is 0 Å². The van der Waals surface area contributed by atoms with Crippen molar-refractivity contribution in [1.29, 1.82) is 0 Å². The molecular weight excluding hydrogens is 254 g/mol. The van der Waals surface area contributed by atoms with Gasteiger partial charge in [-0.1, -0.05) is 18.2 Å². The van der Waals surface area contributed by atoms with Crippen molar-refractivity contribution in [2.45, 2.75) is 25.9 Å². The van der Waals surface area contributed by atoms with Crippen LogP contribution in [-0.4, -0.2) is 44.1 Å². The summed E-state index contributed by atoms with van der Waals surface area (Å²) in [6, 6.07) is 7.83. The zero-order chi connectivity index (χ0) is 15.1. The van der Waals surface area contributed by atoms with E-state index in [0.717, 1.165) is 11.3 Å². The lowest BCUT2D eigenvalue weighted by molar-refractivity contribution is -0.122. The number of para-hydroxylation sites is 1. The van der Waals surface area contributed by atoms with E-state index in [1.807, 2.05) is 50.1 Å². The van der Waals surface area contributed by atoms with Crippen molar-refractivity contribution in [2.24, 2.45) is 5.73 Å². The summed E-state index contributed by atoms with van der Waals surface area (Å²) in [6.07, 6.45) is 0. The molecule has 0 aromatic heterocycles. The third-order valence-electron chi connectivity index (χ3n) is 3.10. The number of nitrogens with two attached hydrogens (primary N) is 1. The van der Waals surface area contributed by atoms with Gasteiger partial charge in [-0.2, -0.15) is 0 Å². The summed E-state index contributed by atoms with van der Waals surface area (Å²) in [5.41, 5.74) is 6.87. The zero-order valence-electron chi connectivity index (χ0n) is 12.7. The molecule has 0 saturated carbocycles. The summed E-state index contributed by atoms with van der Waals surface area (Å²) in [7, 11) is 3.53. The van der Waals surface area contributed by atoms with Crippen LogP contribution in [-0.2, 0) is 4.79 Å². The van der Waals surface area contributed by atoms with Crippen molar-refractivity contribution in [3.8, 4) is 5.75 Å². The number of nitrogens with zero attached hydrogens (tertiary/aromatic N) is 1. The third-order valence-corrected chi connectivity index (χ3v) is 3.10. The van der Waals surface area contributed by atoms with Crippen molar-refractivity contribution in [3.63, 3.8) is 0 Å². The number of methoxy groups -OCH3 is 1. The summed E-state index contributed by atoms with van der Waals surface area (Å²) in [4.78, 5) is 13.8. The summed E-state index contributed by atoms with van der Waals surface area (Å²) in [5.74, 6) is 0.787. The number of amides is 1. The van der Waals surface area contributed by atoms with E-state index >= 15 is 0 Å². The van der Waals surface area contributed by atoms with Crippen LogP contribution in [0.2, 0.25) is 0 Å². The van der Waals surface area contributed by atoms with Gasteiger partial charge in [0, 0.05) is 18.2 Å². The van der Waals surface area contributed by atoms with Gasteiger partial charge in [0.2, 0.25) is 5.91 Å². The Bertz CT molecular complexity index is 435. The first-order valence-electron chi connectivity index (χ1n) is 6.82. The Labute approximate surface area is 121 Å². The van der Waals surface area contributed by atoms with Crippen LogP contribution in [0.15, 0.2) is 24.3 Å². The minimum Gasteiger partial charge on any atom is -0.496 e. The molecule has 20 heavy (non-hydrogen) atoms. The first-order chi connectivity index (χ1) is 9.49. The van der Waals surface area contributed by atoms with E-state index in [9.17, 15) is 4.79 Å². The van der Waals surface area contributed by atoms with Gasteiger partial charge in [-0.15, -0.1) is 0 Å². The van der Waals surface area contributed by atoms with Gasteiger partial charge in [-0.05, 0) is 27.0 Å². The molecule has 1 amide bonds. The summed E-state index contributed by atoms with van der Waals surface area (Å²) in [5, 5.41) is 2.88. The van der Waals surface area contributed by atoms with Crippen molar-refractivity contribution in [1.82, 2.24) is 10.2 Å². The lowest BCUT2D eigenvalue weighted by Crippen LogP contribution is -2.41. The van der Waals surface area contributed by atoms with E-state index in [1.165, 1.54) is 0 Å².